The van der Waals surface area contributed by atoms with Crippen molar-refractivity contribution in [3.8, 4) is 0 Å². The van der Waals surface area contributed by atoms with E-state index in [4.69, 9.17) is 5.73 Å². The summed E-state index contributed by atoms with van der Waals surface area (Å²) < 4.78 is 23.3. The van der Waals surface area contributed by atoms with Gasteiger partial charge in [0.25, 0.3) is 0 Å². The second-order valence-electron chi connectivity index (χ2n) is 2.85. The highest BCUT2D eigenvalue weighted by Crippen LogP contribution is 2.02. The minimum atomic E-state index is -3.06. The first-order chi connectivity index (χ1) is 5.00. The molecule has 1 aliphatic heterocycles. The van der Waals surface area contributed by atoms with E-state index in [1.807, 2.05) is 0 Å². The molecule has 0 aromatic heterocycles. The second kappa shape index (κ2) is 2.91. The zero-order valence-electron chi connectivity index (χ0n) is 6.53. The molecule has 5 heteroatoms. The Morgan fingerprint density at radius 2 is 2.27 bits per heavy atom. The highest BCUT2D eigenvalue weighted by molar-refractivity contribution is 7.84. The van der Waals surface area contributed by atoms with Crippen molar-refractivity contribution in [2.75, 3.05) is 12.8 Å². The molecule has 11 heavy (non-hydrogen) atoms. The van der Waals surface area contributed by atoms with Gasteiger partial charge in [-0.2, -0.15) is 8.42 Å². The highest BCUT2D eigenvalue weighted by atomic mass is 32.2. The van der Waals surface area contributed by atoms with Gasteiger partial charge in [0.2, 0.25) is 0 Å². The Hall–Kier alpha value is -0.420. The fourth-order valence-electron chi connectivity index (χ4n) is 1.10. The van der Waals surface area contributed by atoms with Gasteiger partial charge in [-0.25, -0.2) is 0 Å². The van der Waals surface area contributed by atoms with Gasteiger partial charge in [0, 0.05) is 6.42 Å². The summed E-state index contributed by atoms with van der Waals surface area (Å²) in [6.07, 6.45) is 4.53. The van der Waals surface area contributed by atoms with E-state index < -0.39 is 10.0 Å². The van der Waals surface area contributed by atoms with Crippen molar-refractivity contribution in [1.82, 2.24) is 0 Å². The third-order valence-corrected chi connectivity index (χ3v) is 2.86. The van der Waals surface area contributed by atoms with Crippen LogP contribution in [0.2, 0.25) is 0 Å². The second-order valence-corrected chi connectivity index (χ2v) is 4.79. The Morgan fingerprint density at radius 1 is 1.64 bits per heavy atom. The van der Waals surface area contributed by atoms with E-state index in [2.05, 4.69) is 0 Å². The van der Waals surface area contributed by atoms with Crippen LogP contribution < -0.4 is 5.73 Å². The number of nitrogens with two attached hydrogens (primary N) is 1. The largest absolute Gasteiger partial charge is 0.361 e. The molecule has 1 rings (SSSR count). The zero-order chi connectivity index (χ0) is 8.48. The predicted molar refractivity (Wildman–Crippen MR) is 43.2 cm³/mol. The predicted octanol–water partition coefficient (Wildman–Crippen LogP) is -0.850. The molecule has 1 atom stereocenters. The lowest BCUT2D eigenvalue weighted by molar-refractivity contribution is -0.370. The average Bonchev–Trinajstić information content (AvgIpc) is 1.86. The molecule has 0 spiro atoms. The molecule has 0 aliphatic carbocycles. The lowest BCUT2D eigenvalue weighted by Crippen LogP contribution is -2.38. The van der Waals surface area contributed by atoms with Crippen LogP contribution in [0.1, 0.15) is 12.8 Å². The van der Waals surface area contributed by atoms with E-state index in [1.54, 1.807) is 6.21 Å². The summed E-state index contributed by atoms with van der Waals surface area (Å²) in [5.41, 5.74) is 5.60. The summed E-state index contributed by atoms with van der Waals surface area (Å²) in [6.45, 7) is 0.429. The van der Waals surface area contributed by atoms with Crippen LogP contribution in [-0.4, -0.2) is 37.5 Å². The first-order valence-corrected chi connectivity index (χ1v) is 5.40. The first kappa shape index (κ1) is 8.67. The summed E-state index contributed by atoms with van der Waals surface area (Å²) in [4.78, 5) is 0. The van der Waals surface area contributed by atoms with Crippen molar-refractivity contribution < 1.29 is 12.4 Å². The minimum absolute atomic E-state index is 0.00488. The number of rotatable bonds is 1. The van der Waals surface area contributed by atoms with Crippen molar-refractivity contribution in [1.29, 1.82) is 0 Å². The van der Waals surface area contributed by atoms with Crippen molar-refractivity contribution in [3.63, 3.8) is 0 Å². The lowest BCUT2D eigenvalue weighted by atomic mass is 10.1. The van der Waals surface area contributed by atoms with Gasteiger partial charge in [0.1, 0.15) is 0 Å². The molecule has 0 radical (unpaired) electrons. The number of hydrogen-bond donors (Lipinski definition) is 1. The molecule has 2 N–H and O–H groups in total. The van der Waals surface area contributed by atoms with Crippen molar-refractivity contribution in [2.24, 2.45) is 5.73 Å². The third kappa shape index (κ3) is 2.27. The summed E-state index contributed by atoms with van der Waals surface area (Å²) in [6, 6.07) is -0.00488. The average molecular weight is 177 g/mol. The molecule has 0 fully saturated rings. The summed E-state index contributed by atoms with van der Waals surface area (Å²) >= 11 is 0. The van der Waals surface area contributed by atoms with Crippen LogP contribution in [0, 0.1) is 0 Å². The fourth-order valence-corrected chi connectivity index (χ4v) is 1.94. The fraction of sp³-hybridized carbons (Fsp3) is 0.833. The van der Waals surface area contributed by atoms with Crippen molar-refractivity contribution >= 4 is 16.2 Å². The Kier molecular flexibility index (Phi) is 2.29. The highest BCUT2D eigenvalue weighted by Gasteiger charge is 2.24. The molecular weight excluding hydrogens is 164 g/mol. The van der Waals surface area contributed by atoms with Crippen molar-refractivity contribution in [3.05, 3.63) is 0 Å². The normalized spacial score (nSPS) is 26.4. The number of nitrogens with zero attached hydrogens (tertiary/aromatic N) is 1. The molecule has 0 aromatic rings. The summed E-state index contributed by atoms with van der Waals surface area (Å²) in [7, 11) is -3.06. The summed E-state index contributed by atoms with van der Waals surface area (Å²) in [5, 5.41) is 0. The molecule has 64 valence electrons. The quantitative estimate of drug-likeness (QED) is 0.531. The molecule has 4 nitrogen and oxygen atoms in total. The first-order valence-electron chi connectivity index (χ1n) is 3.56. The Morgan fingerprint density at radius 3 is 2.64 bits per heavy atom. The van der Waals surface area contributed by atoms with Gasteiger partial charge >= 0.3 is 10.0 Å². The van der Waals surface area contributed by atoms with Crippen molar-refractivity contribution in [2.45, 2.75) is 18.9 Å². The maximum atomic E-state index is 11.0. The standard InChI is InChI=1S/C6H13N2O2S/c1-11(9,10)8-4-2-3-6(7)5-8/h4,6H,2-3,5,7H2,1H3/q+1/t6-/m0/s1. The van der Waals surface area contributed by atoms with Gasteiger partial charge < -0.3 is 5.73 Å². The maximum absolute atomic E-state index is 11.0. The van der Waals surface area contributed by atoms with Crippen LogP contribution in [0.3, 0.4) is 0 Å². The van der Waals surface area contributed by atoms with Gasteiger partial charge in [-0.3, -0.25) is 0 Å². The Balaban J connectivity index is 2.82. The molecule has 0 saturated heterocycles. The van der Waals surface area contributed by atoms with E-state index in [0.29, 0.717) is 6.54 Å². The number of hydrogen-bond acceptors (Lipinski definition) is 3. The lowest BCUT2D eigenvalue weighted by Gasteiger charge is -2.11. The Bertz CT molecular complexity index is 268. The molecular formula is C6H13N2O2S+. The Labute approximate surface area is 66.8 Å². The van der Waals surface area contributed by atoms with E-state index in [9.17, 15) is 8.42 Å². The molecule has 0 unspecified atom stereocenters. The van der Waals surface area contributed by atoms with E-state index in [0.717, 1.165) is 12.8 Å². The molecule has 1 aliphatic rings. The van der Waals surface area contributed by atoms with E-state index in [-0.39, 0.29) is 6.04 Å². The third-order valence-electron chi connectivity index (χ3n) is 1.71. The van der Waals surface area contributed by atoms with Gasteiger partial charge in [-0.15, -0.1) is 3.98 Å². The van der Waals surface area contributed by atoms with Gasteiger partial charge in [0.15, 0.2) is 12.8 Å². The van der Waals surface area contributed by atoms with Gasteiger partial charge in [-0.05, 0) is 6.42 Å². The summed E-state index contributed by atoms with van der Waals surface area (Å²) in [5.74, 6) is 0. The van der Waals surface area contributed by atoms with E-state index >= 15 is 0 Å². The zero-order valence-corrected chi connectivity index (χ0v) is 7.34. The van der Waals surface area contributed by atoms with E-state index in [1.165, 1.54) is 10.2 Å². The molecule has 0 amide bonds. The smallest absolute Gasteiger partial charge is 0.322 e. The number of sulfonamides is 1. The van der Waals surface area contributed by atoms with Gasteiger partial charge in [-0.1, -0.05) is 0 Å². The topological polar surface area (TPSA) is 63.2 Å². The van der Waals surface area contributed by atoms with Crippen LogP contribution in [0.5, 0.6) is 0 Å². The van der Waals surface area contributed by atoms with Gasteiger partial charge in [0.05, 0.1) is 12.3 Å². The molecule has 0 saturated carbocycles. The SMILES string of the molecule is CS(=O)(=O)[N+]1=CCC[C@H](N)C1. The van der Waals surface area contributed by atoms with Crippen LogP contribution in [0.25, 0.3) is 0 Å². The van der Waals surface area contributed by atoms with Crippen LogP contribution in [0.4, 0.5) is 0 Å². The molecule has 0 aromatic carbocycles. The van der Waals surface area contributed by atoms with Crippen LogP contribution in [0.15, 0.2) is 0 Å². The monoisotopic (exact) mass is 177 g/mol. The molecule has 1 heterocycles. The van der Waals surface area contributed by atoms with Crippen LogP contribution >= 0.6 is 0 Å². The molecule has 0 bridgehead atoms. The maximum Gasteiger partial charge on any atom is 0.361 e. The minimum Gasteiger partial charge on any atom is -0.322 e. The van der Waals surface area contributed by atoms with Crippen LogP contribution in [-0.2, 0) is 10.0 Å².